The van der Waals surface area contributed by atoms with Crippen molar-refractivity contribution in [1.82, 2.24) is 5.32 Å². The fraction of sp³-hybridized carbons (Fsp3) is 0.429. The summed E-state index contributed by atoms with van der Waals surface area (Å²) < 4.78 is 10.0. The lowest BCUT2D eigenvalue weighted by molar-refractivity contribution is 0.0697. The summed E-state index contributed by atoms with van der Waals surface area (Å²) in [5, 5.41) is 14.2. The van der Waals surface area contributed by atoms with Gasteiger partial charge >= 0.3 is 12.0 Å². The monoisotopic (exact) mass is 296 g/mol. The molecule has 0 aliphatic carbocycles. The van der Waals surface area contributed by atoms with Gasteiger partial charge in [0, 0.05) is 19.3 Å². The first-order valence-corrected chi connectivity index (χ1v) is 6.50. The average molecular weight is 296 g/mol. The number of amides is 2. The molecule has 0 aromatic heterocycles. The Bertz CT molecular complexity index is 490. The second-order valence-electron chi connectivity index (χ2n) is 4.32. The lowest BCUT2D eigenvalue weighted by Gasteiger charge is -2.10. The molecule has 21 heavy (non-hydrogen) atoms. The number of carboxylic acid groups (broad SMARTS) is 1. The molecule has 0 aliphatic rings. The minimum Gasteiger partial charge on any atom is -0.478 e. The molecule has 1 aromatic carbocycles. The van der Waals surface area contributed by atoms with Crippen LogP contribution in [-0.4, -0.2) is 50.6 Å². The van der Waals surface area contributed by atoms with E-state index in [2.05, 4.69) is 10.6 Å². The maximum absolute atomic E-state index is 11.7. The maximum atomic E-state index is 11.7. The van der Waals surface area contributed by atoms with Gasteiger partial charge in [0.15, 0.2) is 0 Å². The molecule has 7 heteroatoms. The van der Waals surface area contributed by atoms with Crippen molar-refractivity contribution >= 4 is 17.7 Å². The third kappa shape index (κ3) is 6.24. The number of aromatic carboxylic acids is 1. The molecule has 3 N–H and O–H groups in total. The molecule has 1 rings (SSSR count). The zero-order chi connectivity index (χ0) is 15.7. The first-order chi connectivity index (χ1) is 10.0. The van der Waals surface area contributed by atoms with Crippen LogP contribution >= 0.6 is 0 Å². The molecule has 0 radical (unpaired) electrons. The van der Waals surface area contributed by atoms with E-state index in [0.29, 0.717) is 37.6 Å². The Hall–Kier alpha value is -2.12. The lowest BCUT2D eigenvalue weighted by Crippen LogP contribution is -2.32. The van der Waals surface area contributed by atoms with Gasteiger partial charge in [-0.2, -0.15) is 0 Å². The van der Waals surface area contributed by atoms with Gasteiger partial charge < -0.3 is 25.2 Å². The topological polar surface area (TPSA) is 96.9 Å². The highest BCUT2D eigenvalue weighted by molar-refractivity contribution is 5.92. The van der Waals surface area contributed by atoms with Gasteiger partial charge in [0.1, 0.15) is 0 Å². The second-order valence-corrected chi connectivity index (χ2v) is 4.32. The van der Waals surface area contributed by atoms with Crippen LogP contribution in [-0.2, 0) is 9.47 Å². The van der Waals surface area contributed by atoms with Crippen LogP contribution in [0.2, 0.25) is 0 Å². The van der Waals surface area contributed by atoms with E-state index in [1.165, 1.54) is 12.1 Å². The van der Waals surface area contributed by atoms with E-state index in [1.807, 2.05) is 0 Å². The summed E-state index contributed by atoms with van der Waals surface area (Å²) in [5.74, 6) is -0.998. The number of ether oxygens (including phenoxy) is 2. The Morgan fingerprint density at radius 2 is 2.00 bits per heavy atom. The summed E-state index contributed by atoms with van der Waals surface area (Å²) in [6, 6.07) is 4.15. The number of urea groups is 1. The van der Waals surface area contributed by atoms with E-state index in [-0.39, 0.29) is 11.6 Å². The Balaban J connectivity index is 2.36. The summed E-state index contributed by atoms with van der Waals surface area (Å²) in [7, 11) is 1.59. The van der Waals surface area contributed by atoms with Crippen LogP contribution in [0.25, 0.3) is 0 Å². The van der Waals surface area contributed by atoms with Crippen LogP contribution in [0.1, 0.15) is 15.9 Å². The van der Waals surface area contributed by atoms with Crippen molar-refractivity contribution in [2.45, 2.75) is 6.92 Å². The van der Waals surface area contributed by atoms with E-state index in [0.717, 1.165) is 0 Å². The van der Waals surface area contributed by atoms with E-state index < -0.39 is 5.97 Å². The standard InChI is InChI=1S/C14H20N2O5/c1-10-9-11(13(17)18)3-4-12(10)16-14(19)15-5-6-21-8-7-20-2/h3-4,9H,5-8H2,1-2H3,(H,17,18)(H2,15,16,19). The molecule has 0 saturated carbocycles. The second kappa shape index (κ2) is 8.93. The van der Waals surface area contributed by atoms with Crippen molar-refractivity contribution < 1.29 is 24.2 Å². The number of methoxy groups -OCH3 is 1. The van der Waals surface area contributed by atoms with E-state index in [9.17, 15) is 9.59 Å². The average Bonchev–Trinajstić information content (AvgIpc) is 2.44. The van der Waals surface area contributed by atoms with Gasteiger partial charge in [-0.05, 0) is 30.7 Å². The number of carbonyl (C=O) groups excluding carboxylic acids is 1. The normalized spacial score (nSPS) is 10.2. The van der Waals surface area contributed by atoms with E-state index in [1.54, 1.807) is 20.1 Å². The number of benzene rings is 1. The summed E-state index contributed by atoms with van der Waals surface area (Å²) in [6.07, 6.45) is 0. The smallest absolute Gasteiger partial charge is 0.335 e. The number of rotatable bonds is 8. The van der Waals surface area contributed by atoms with Crippen LogP contribution in [0.3, 0.4) is 0 Å². The van der Waals surface area contributed by atoms with Crippen LogP contribution in [0.4, 0.5) is 10.5 Å². The highest BCUT2D eigenvalue weighted by atomic mass is 16.5. The van der Waals surface area contributed by atoms with Crippen LogP contribution in [0, 0.1) is 6.92 Å². The number of anilines is 1. The molecule has 0 heterocycles. The maximum Gasteiger partial charge on any atom is 0.335 e. The van der Waals surface area contributed by atoms with Gasteiger partial charge in [-0.15, -0.1) is 0 Å². The molecule has 0 fully saturated rings. The summed E-state index contributed by atoms with van der Waals surface area (Å²) >= 11 is 0. The van der Waals surface area contributed by atoms with Crippen molar-refractivity contribution in [3.8, 4) is 0 Å². The van der Waals surface area contributed by atoms with Crippen molar-refractivity contribution in [3.05, 3.63) is 29.3 Å². The molecule has 0 spiro atoms. The fourth-order valence-corrected chi connectivity index (χ4v) is 1.58. The molecule has 0 bridgehead atoms. The third-order valence-electron chi connectivity index (χ3n) is 2.69. The van der Waals surface area contributed by atoms with Crippen LogP contribution in [0.5, 0.6) is 0 Å². The highest BCUT2D eigenvalue weighted by Gasteiger charge is 2.07. The Morgan fingerprint density at radius 1 is 1.24 bits per heavy atom. The zero-order valence-corrected chi connectivity index (χ0v) is 12.1. The molecule has 116 valence electrons. The molecule has 2 amide bonds. The van der Waals surface area contributed by atoms with Gasteiger partial charge in [0.25, 0.3) is 0 Å². The molecule has 0 atom stereocenters. The number of hydrogen-bond acceptors (Lipinski definition) is 4. The van der Waals surface area contributed by atoms with Gasteiger partial charge in [0.2, 0.25) is 0 Å². The number of hydrogen-bond donors (Lipinski definition) is 3. The lowest BCUT2D eigenvalue weighted by atomic mass is 10.1. The molecular weight excluding hydrogens is 276 g/mol. The molecule has 1 aromatic rings. The number of carbonyl (C=O) groups is 2. The van der Waals surface area contributed by atoms with E-state index >= 15 is 0 Å². The Morgan fingerprint density at radius 3 is 2.62 bits per heavy atom. The summed E-state index contributed by atoms with van der Waals surface area (Å²) in [6.45, 7) is 3.50. The molecule has 0 saturated heterocycles. The van der Waals surface area contributed by atoms with Gasteiger partial charge in [-0.3, -0.25) is 0 Å². The van der Waals surface area contributed by atoms with Gasteiger partial charge in [-0.25, -0.2) is 9.59 Å². The molecular formula is C14H20N2O5. The highest BCUT2D eigenvalue weighted by Crippen LogP contribution is 2.16. The van der Waals surface area contributed by atoms with Crippen molar-refractivity contribution in [3.63, 3.8) is 0 Å². The number of nitrogens with one attached hydrogen (secondary N) is 2. The van der Waals surface area contributed by atoms with Crippen LogP contribution in [0.15, 0.2) is 18.2 Å². The SMILES string of the molecule is COCCOCCNC(=O)Nc1ccc(C(=O)O)cc1C. The van der Waals surface area contributed by atoms with Gasteiger partial charge in [0.05, 0.1) is 25.4 Å². The van der Waals surface area contributed by atoms with Crippen molar-refractivity contribution in [1.29, 1.82) is 0 Å². The summed E-state index contributed by atoms with van der Waals surface area (Å²) in [4.78, 5) is 22.5. The minimum atomic E-state index is -0.998. The van der Waals surface area contributed by atoms with Gasteiger partial charge in [-0.1, -0.05) is 0 Å². The minimum absolute atomic E-state index is 0.185. The molecule has 0 unspecified atom stereocenters. The zero-order valence-electron chi connectivity index (χ0n) is 12.1. The Kier molecular flexibility index (Phi) is 7.20. The quantitative estimate of drug-likeness (QED) is 0.631. The van der Waals surface area contributed by atoms with Crippen molar-refractivity contribution in [2.24, 2.45) is 0 Å². The number of carboxylic acids is 1. The van der Waals surface area contributed by atoms with Crippen molar-refractivity contribution in [2.75, 3.05) is 38.8 Å². The molecule has 7 nitrogen and oxygen atoms in total. The Labute approximate surface area is 123 Å². The predicted molar refractivity (Wildman–Crippen MR) is 77.9 cm³/mol. The van der Waals surface area contributed by atoms with Crippen LogP contribution < -0.4 is 10.6 Å². The predicted octanol–water partition coefficient (Wildman–Crippen LogP) is 1.48. The molecule has 0 aliphatic heterocycles. The largest absolute Gasteiger partial charge is 0.478 e. The fourth-order valence-electron chi connectivity index (χ4n) is 1.58. The number of aryl methyl sites for hydroxylation is 1. The van der Waals surface area contributed by atoms with E-state index in [4.69, 9.17) is 14.6 Å². The summed E-state index contributed by atoms with van der Waals surface area (Å²) in [5.41, 5.74) is 1.43. The first kappa shape index (κ1) is 16.9. The third-order valence-corrected chi connectivity index (χ3v) is 2.69. The first-order valence-electron chi connectivity index (χ1n) is 6.50.